The predicted molar refractivity (Wildman–Crippen MR) is 81.8 cm³/mol. The Labute approximate surface area is 125 Å². The van der Waals surface area contributed by atoms with Crippen molar-refractivity contribution in [3.63, 3.8) is 0 Å². The number of aromatic nitrogens is 1. The van der Waals surface area contributed by atoms with Crippen molar-refractivity contribution in [1.29, 1.82) is 0 Å². The summed E-state index contributed by atoms with van der Waals surface area (Å²) in [6.07, 6.45) is 5.57. The Morgan fingerprint density at radius 3 is 2.65 bits per heavy atom. The molecule has 1 N–H and O–H groups in total. The van der Waals surface area contributed by atoms with Crippen molar-refractivity contribution in [1.82, 2.24) is 20.1 Å². The zero-order chi connectivity index (χ0) is 13.4. The van der Waals surface area contributed by atoms with E-state index in [1.165, 1.54) is 62.6 Å². The van der Waals surface area contributed by atoms with Crippen LogP contribution >= 0.6 is 11.3 Å². The Morgan fingerprint density at radius 1 is 1.15 bits per heavy atom. The first kappa shape index (κ1) is 13.2. The molecule has 4 nitrogen and oxygen atoms in total. The number of nitrogens with one attached hydrogen (secondary N) is 1. The predicted octanol–water partition coefficient (Wildman–Crippen LogP) is 1.68. The summed E-state index contributed by atoms with van der Waals surface area (Å²) in [6.45, 7) is 6.94. The monoisotopic (exact) mass is 292 g/mol. The summed E-state index contributed by atoms with van der Waals surface area (Å²) in [5, 5.41) is 7.04. The molecule has 5 heteroatoms. The average Bonchev–Trinajstić information content (AvgIpc) is 3.38. The van der Waals surface area contributed by atoms with Crippen molar-refractivity contribution in [2.45, 2.75) is 50.9 Å². The third-order valence-corrected chi connectivity index (χ3v) is 5.47. The first-order valence-corrected chi connectivity index (χ1v) is 8.88. The van der Waals surface area contributed by atoms with Gasteiger partial charge in [-0.1, -0.05) is 0 Å². The molecule has 1 saturated heterocycles. The lowest BCUT2D eigenvalue weighted by Crippen LogP contribution is -2.46. The minimum atomic E-state index is 0.776. The molecular formula is C15H24N4S. The van der Waals surface area contributed by atoms with Gasteiger partial charge in [0, 0.05) is 56.7 Å². The summed E-state index contributed by atoms with van der Waals surface area (Å²) in [4.78, 5) is 10.0. The number of piperazine rings is 1. The quantitative estimate of drug-likeness (QED) is 0.864. The van der Waals surface area contributed by atoms with Crippen molar-refractivity contribution in [3.8, 4) is 0 Å². The van der Waals surface area contributed by atoms with Crippen LogP contribution in [-0.2, 0) is 13.1 Å². The molecule has 1 aromatic heterocycles. The molecule has 3 aliphatic rings. The van der Waals surface area contributed by atoms with E-state index in [0.29, 0.717) is 0 Å². The van der Waals surface area contributed by atoms with E-state index in [-0.39, 0.29) is 0 Å². The van der Waals surface area contributed by atoms with Gasteiger partial charge in [0.1, 0.15) is 5.01 Å². The van der Waals surface area contributed by atoms with Gasteiger partial charge in [0.2, 0.25) is 0 Å². The number of nitrogens with zero attached hydrogens (tertiary/aromatic N) is 3. The van der Waals surface area contributed by atoms with Gasteiger partial charge in [-0.2, -0.15) is 0 Å². The van der Waals surface area contributed by atoms with Crippen LogP contribution in [-0.4, -0.2) is 53.0 Å². The van der Waals surface area contributed by atoms with E-state index in [2.05, 4.69) is 20.5 Å². The number of hydrogen-bond acceptors (Lipinski definition) is 5. The highest BCUT2D eigenvalue weighted by Gasteiger charge is 2.31. The maximum atomic E-state index is 4.77. The van der Waals surface area contributed by atoms with Gasteiger partial charge in [0.15, 0.2) is 0 Å². The summed E-state index contributed by atoms with van der Waals surface area (Å²) >= 11 is 1.81. The first-order valence-electron chi connectivity index (χ1n) is 8.00. The molecule has 0 atom stereocenters. The molecule has 0 unspecified atom stereocenters. The number of thiazole rings is 1. The van der Waals surface area contributed by atoms with Crippen LogP contribution in [0.3, 0.4) is 0 Å². The third-order valence-electron chi connectivity index (χ3n) is 4.57. The van der Waals surface area contributed by atoms with Crippen LogP contribution in [0.25, 0.3) is 0 Å². The summed E-state index contributed by atoms with van der Waals surface area (Å²) in [5.74, 6) is 0. The first-order chi connectivity index (χ1) is 9.87. The van der Waals surface area contributed by atoms with Crippen LogP contribution < -0.4 is 5.32 Å². The fourth-order valence-corrected chi connectivity index (χ4v) is 3.71. The van der Waals surface area contributed by atoms with Gasteiger partial charge in [-0.3, -0.25) is 9.80 Å². The van der Waals surface area contributed by atoms with Crippen LogP contribution in [0.15, 0.2) is 5.38 Å². The Bertz CT molecular complexity index is 444. The molecule has 2 heterocycles. The van der Waals surface area contributed by atoms with Crippen molar-refractivity contribution in [2.24, 2.45) is 0 Å². The highest BCUT2D eigenvalue weighted by atomic mass is 32.1. The minimum Gasteiger partial charge on any atom is -0.308 e. The van der Waals surface area contributed by atoms with Gasteiger partial charge < -0.3 is 5.32 Å². The second kappa shape index (κ2) is 5.72. The zero-order valence-corrected chi connectivity index (χ0v) is 12.9. The van der Waals surface area contributed by atoms with E-state index in [1.807, 2.05) is 11.3 Å². The van der Waals surface area contributed by atoms with Crippen LogP contribution in [0.2, 0.25) is 0 Å². The number of hydrogen-bond donors (Lipinski definition) is 1. The standard InChI is InChI=1S/C15H24N4S/c1-2-12(1)16-9-15-17-13(11-20-15)10-18-5-7-19(8-6-18)14-3-4-14/h11-12,14,16H,1-10H2. The summed E-state index contributed by atoms with van der Waals surface area (Å²) in [7, 11) is 0. The Balaban J connectivity index is 1.24. The molecule has 20 heavy (non-hydrogen) atoms. The highest BCUT2D eigenvalue weighted by Crippen LogP contribution is 2.27. The van der Waals surface area contributed by atoms with E-state index in [4.69, 9.17) is 4.98 Å². The van der Waals surface area contributed by atoms with Crippen molar-refractivity contribution in [2.75, 3.05) is 26.2 Å². The lowest BCUT2D eigenvalue weighted by atomic mass is 10.3. The van der Waals surface area contributed by atoms with Gasteiger partial charge in [-0.25, -0.2) is 4.98 Å². The molecule has 110 valence electrons. The van der Waals surface area contributed by atoms with E-state index < -0.39 is 0 Å². The van der Waals surface area contributed by atoms with Crippen LogP contribution in [0.1, 0.15) is 36.4 Å². The summed E-state index contributed by atoms with van der Waals surface area (Å²) < 4.78 is 0. The molecule has 0 amide bonds. The molecule has 0 spiro atoms. The van der Waals surface area contributed by atoms with Crippen LogP contribution in [0.4, 0.5) is 0 Å². The highest BCUT2D eigenvalue weighted by molar-refractivity contribution is 7.09. The maximum Gasteiger partial charge on any atom is 0.107 e. The van der Waals surface area contributed by atoms with Gasteiger partial charge in [0.05, 0.1) is 5.69 Å². The van der Waals surface area contributed by atoms with Crippen LogP contribution in [0.5, 0.6) is 0 Å². The molecule has 0 bridgehead atoms. The largest absolute Gasteiger partial charge is 0.308 e. The molecular weight excluding hydrogens is 268 g/mol. The van der Waals surface area contributed by atoms with Gasteiger partial charge >= 0.3 is 0 Å². The Kier molecular flexibility index (Phi) is 3.77. The number of rotatable bonds is 6. The van der Waals surface area contributed by atoms with Crippen molar-refractivity contribution < 1.29 is 0 Å². The molecule has 0 aromatic carbocycles. The molecule has 4 rings (SSSR count). The molecule has 1 aromatic rings. The van der Waals surface area contributed by atoms with Crippen molar-refractivity contribution in [3.05, 3.63) is 16.1 Å². The Morgan fingerprint density at radius 2 is 1.95 bits per heavy atom. The molecule has 1 aliphatic heterocycles. The van der Waals surface area contributed by atoms with Gasteiger partial charge in [-0.05, 0) is 25.7 Å². The minimum absolute atomic E-state index is 0.776. The normalized spacial score (nSPS) is 25.2. The van der Waals surface area contributed by atoms with Crippen molar-refractivity contribution >= 4 is 11.3 Å². The summed E-state index contributed by atoms with van der Waals surface area (Å²) in [6, 6.07) is 1.70. The lowest BCUT2D eigenvalue weighted by molar-refractivity contribution is 0.120. The fourth-order valence-electron chi connectivity index (χ4n) is 2.98. The SMILES string of the molecule is c1sc(CNC2CC2)nc1CN1CCN(C2CC2)CC1. The maximum absolute atomic E-state index is 4.77. The molecule has 2 aliphatic carbocycles. The fraction of sp³-hybridized carbons (Fsp3) is 0.800. The smallest absolute Gasteiger partial charge is 0.107 e. The van der Waals surface area contributed by atoms with E-state index in [1.54, 1.807) is 0 Å². The van der Waals surface area contributed by atoms with E-state index >= 15 is 0 Å². The zero-order valence-electron chi connectivity index (χ0n) is 12.1. The van der Waals surface area contributed by atoms with E-state index in [0.717, 1.165) is 25.2 Å². The summed E-state index contributed by atoms with van der Waals surface area (Å²) in [5.41, 5.74) is 1.27. The van der Waals surface area contributed by atoms with Gasteiger partial charge in [-0.15, -0.1) is 11.3 Å². The second-order valence-electron chi connectivity index (χ2n) is 6.43. The topological polar surface area (TPSA) is 31.4 Å². The molecule has 0 radical (unpaired) electrons. The van der Waals surface area contributed by atoms with E-state index in [9.17, 15) is 0 Å². The third kappa shape index (κ3) is 3.39. The average molecular weight is 292 g/mol. The molecule has 2 saturated carbocycles. The lowest BCUT2D eigenvalue weighted by Gasteiger charge is -2.34. The van der Waals surface area contributed by atoms with Gasteiger partial charge in [0.25, 0.3) is 0 Å². The molecule has 3 fully saturated rings. The van der Waals surface area contributed by atoms with Crippen LogP contribution in [0, 0.1) is 0 Å². The Hall–Kier alpha value is -0.490. The second-order valence-corrected chi connectivity index (χ2v) is 7.37.